The van der Waals surface area contributed by atoms with Gasteiger partial charge in [-0.25, -0.2) is 0 Å². The summed E-state index contributed by atoms with van der Waals surface area (Å²) in [5.74, 6) is 1.04. The number of nitro groups is 1. The Hall–Kier alpha value is -2.15. The summed E-state index contributed by atoms with van der Waals surface area (Å²) in [5, 5.41) is 21.0. The third kappa shape index (κ3) is 3.65. The van der Waals surface area contributed by atoms with Crippen LogP contribution in [-0.4, -0.2) is 21.0 Å². The zero-order chi connectivity index (χ0) is 13.7. The number of hydrogen-bond donors (Lipinski definition) is 1. The summed E-state index contributed by atoms with van der Waals surface area (Å²) in [6.07, 6.45) is 1.39. The monoisotopic (exact) mass is 282 g/mol. The first-order valence-electron chi connectivity index (χ1n) is 5.59. The van der Waals surface area contributed by atoms with E-state index in [1.165, 1.54) is 12.1 Å². The molecule has 0 fully saturated rings. The fourth-order valence-electron chi connectivity index (χ4n) is 1.41. The predicted octanol–water partition coefficient (Wildman–Crippen LogP) is 2.89. The van der Waals surface area contributed by atoms with Crippen LogP contribution < -0.4 is 5.32 Å². The molecule has 2 rings (SSSR count). The number of hydrogen-bond acceptors (Lipinski definition) is 6. The lowest BCUT2D eigenvalue weighted by Crippen LogP contribution is -1.92. The number of nitrogens with one attached hydrogen (secondary N) is 1. The third-order valence-electron chi connectivity index (χ3n) is 2.32. The minimum atomic E-state index is -0.458. The van der Waals surface area contributed by atoms with Crippen LogP contribution in [0, 0.1) is 10.1 Å². The van der Waals surface area contributed by atoms with Gasteiger partial charge < -0.3 is 9.73 Å². The van der Waals surface area contributed by atoms with Crippen LogP contribution in [-0.2, 0) is 6.42 Å². The van der Waals surface area contributed by atoms with Gasteiger partial charge in [0.1, 0.15) is 0 Å². The van der Waals surface area contributed by atoms with Crippen molar-refractivity contribution >= 4 is 29.0 Å². The van der Waals surface area contributed by atoms with Gasteiger partial charge in [0.15, 0.2) is 0 Å². The molecule has 1 N–H and O–H groups in total. The molecule has 0 saturated carbocycles. The van der Waals surface area contributed by atoms with Crippen molar-refractivity contribution < 1.29 is 9.34 Å². The highest BCUT2D eigenvalue weighted by atomic mass is 35.5. The van der Waals surface area contributed by atoms with Gasteiger partial charge in [-0.3, -0.25) is 10.1 Å². The molecule has 0 atom stereocenters. The molecule has 0 aliphatic rings. The van der Waals surface area contributed by atoms with Crippen molar-refractivity contribution in [3.05, 3.63) is 40.3 Å². The molecule has 19 heavy (non-hydrogen) atoms. The second kappa shape index (κ2) is 6.14. The number of nitrogens with zero attached hydrogens (tertiary/aromatic N) is 3. The Labute approximate surface area is 113 Å². The topological polar surface area (TPSA) is 94.1 Å². The van der Waals surface area contributed by atoms with Crippen LogP contribution in [0.3, 0.4) is 0 Å². The molecule has 0 aliphatic heterocycles. The normalized spacial score (nSPS) is 10.4. The van der Waals surface area contributed by atoms with E-state index in [2.05, 4.69) is 15.5 Å². The Kier molecular flexibility index (Phi) is 4.30. The van der Waals surface area contributed by atoms with Crippen molar-refractivity contribution in [1.29, 1.82) is 0 Å². The lowest BCUT2D eigenvalue weighted by Gasteiger charge is -1.99. The molecule has 0 saturated heterocycles. The van der Waals surface area contributed by atoms with Crippen molar-refractivity contribution in [3.8, 4) is 0 Å². The Balaban J connectivity index is 2.00. The molecule has 0 radical (unpaired) electrons. The van der Waals surface area contributed by atoms with Crippen LogP contribution >= 0.6 is 11.6 Å². The van der Waals surface area contributed by atoms with Gasteiger partial charge in [-0.05, 0) is 18.6 Å². The van der Waals surface area contributed by atoms with Crippen molar-refractivity contribution in [1.82, 2.24) is 10.2 Å². The molecule has 0 spiro atoms. The van der Waals surface area contributed by atoms with E-state index >= 15 is 0 Å². The minimum Gasteiger partial charge on any atom is -0.408 e. The highest BCUT2D eigenvalue weighted by Gasteiger charge is 2.07. The summed E-state index contributed by atoms with van der Waals surface area (Å²) in [6.45, 7) is 0. The maximum atomic E-state index is 10.5. The highest BCUT2D eigenvalue weighted by Crippen LogP contribution is 2.19. The molecule has 1 aromatic carbocycles. The molecule has 1 aromatic heterocycles. The first-order valence-corrected chi connectivity index (χ1v) is 6.12. The van der Waals surface area contributed by atoms with Crippen LogP contribution in [0.15, 0.2) is 28.7 Å². The summed E-state index contributed by atoms with van der Waals surface area (Å²) in [7, 11) is 0. The van der Waals surface area contributed by atoms with Crippen LogP contribution in [0.2, 0.25) is 0 Å². The van der Waals surface area contributed by atoms with E-state index in [4.69, 9.17) is 16.0 Å². The molecule has 0 unspecified atom stereocenters. The molecule has 0 bridgehead atoms. The fourth-order valence-corrected chi connectivity index (χ4v) is 1.55. The second-order valence-electron chi connectivity index (χ2n) is 3.72. The van der Waals surface area contributed by atoms with Gasteiger partial charge in [-0.15, -0.1) is 16.7 Å². The summed E-state index contributed by atoms with van der Waals surface area (Å²) in [5.41, 5.74) is 0.664. The number of nitro benzene ring substituents is 1. The van der Waals surface area contributed by atoms with Gasteiger partial charge in [0, 0.05) is 30.1 Å². The number of alkyl halides is 1. The van der Waals surface area contributed by atoms with E-state index < -0.39 is 4.92 Å². The van der Waals surface area contributed by atoms with Crippen molar-refractivity contribution in [2.24, 2.45) is 0 Å². The Morgan fingerprint density at radius 1 is 1.32 bits per heavy atom. The first kappa shape index (κ1) is 13.3. The van der Waals surface area contributed by atoms with E-state index in [9.17, 15) is 10.1 Å². The molecule has 2 aromatic rings. The number of benzene rings is 1. The molecular formula is C11H11ClN4O3. The summed E-state index contributed by atoms with van der Waals surface area (Å²) in [6, 6.07) is 6.18. The largest absolute Gasteiger partial charge is 0.408 e. The quantitative estimate of drug-likeness (QED) is 0.497. The zero-order valence-electron chi connectivity index (χ0n) is 9.88. The highest BCUT2D eigenvalue weighted by molar-refractivity contribution is 6.17. The van der Waals surface area contributed by atoms with E-state index in [0.29, 0.717) is 23.9 Å². The van der Waals surface area contributed by atoms with E-state index in [0.717, 1.165) is 6.42 Å². The van der Waals surface area contributed by atoms with Gasteiger partial charge in [0.2, 0.25) is 5.89 Å². The SMILES string of the molecule is O=[N+]([O-])c1ccc(Nc2nnc(CCCCl)o2)cc1. The molecular weight excluding hydrogens is 272 g/mol. The number of aromatic nitrogens is 2. The molecule has 1 heterocycles. The van der Waals surface area contributed by atoms with Gasteiger partial charge >= 0.3 is 6.01 Å². The summed E-state index contributed by atoms with van der Waals surface area (Å²) < 4.78 is 5.34. The van der Waals surface area contributed by atoms with Crippen molar-refractivity contribution in [2.45, 2.75) is 12.8 Å². The molecule has 0 aliphatic carbocycles. The van der Waals surface area contributed by atoms with E-state index in [1.54, 1.807) is 12.1 Å². The second-order valence-corrected chi connectivity index (χ2v) is 4.10. The van der Waals surface area contributed by atoms with Crippen LogP contribution in [0.1, 0.15) is 12.3 Å². The number of rotatable bonds is 6. The van der Waals surface area contributed by atoms with Gasteiger partial charge in [0.25, 0.3) is 5.69 Å². The number of anilines is 2. The number of aryl methyl sites for hydroxylation is 1. The average Bonchev–Trinajstić information content (AvgIpc) is 2.84. The summed E-state index contributed by atoms with van der Waals surface area (Å²) in [4.78, 5) is 10.1. The molecule has 7 nitrogen and oxygen atoms in total. The number of non-ortho nitro benzene ring substituents is 1. The molecule has 100 valence electrons. The number of halogens is 1. The average molecular weight is 283 g/mol. The zero-order valence-corrected chi connectivity index (χ0v) is 10.6. The molecule has 8 heteroatoms. The summed E-state index contributed by atoms with van der Waals surface area (Å²) >= 11 is 5.57. The lowest BCUT2D eigenvalue weighted by atomic mass is 10.3. The first-order chi connectivity index (χ1) is 9.19. The van der Waals surface area contributed by atoms with Crippen LogP contribution in [0.5, 0.6) is 0 Å². The third-order valence-corrected chi connectivity index (χ3v) is 2.59. The van der Waals surface area contributed by atoms with Crippen LogP contribution in [0.25, 0.3) is 0 Å². The smallest absolute Gasteiger partial charge is 0.320 e. The van der Waals surface area contributed by atoms with Gasteiger partial charge in [-0.1, -0.05) is 5.10 Å². The minimum absolute atomic E-state index is 0.0267. The fraction of sp³-hybridized carbons (Fsp3) is 0.273. The van der Waals surface area contributed by atoms with Gasteiger partial charge in [0.05, 0.1) is 4.92 Å². The van der Waals surface area contributed by atoms with Crippen molar-refractivity contribution in [3.63, 3.8) is 0 Å². The maximum Gasteiger partial charge on any atom is 0.320 e. The predicted molar refractivity (Wildman–Crippen MR) is 69.7 cm³/mol. The van der Waals surface area contributed by atoms with E-state index in [-0.39, 0.29) is 11.7 Å². The Bertz CT molecular complexity index is 555. The molecule has 0 amide bonds. The Morgan fingerprint density at radius 2 is 2.05 bits per heavy atom. The maximum absolute atomic E-state index is 10.5. The standard InChI is InChI=1S/C11H11ClN4O3/c12-7-1-2-10-14-15-11(19-10)13-8-3-5-9(6-4-8)16(17)18/h3-6H,1-2,7H2,(H,13,15). The van der Waals surface area contributed by atoms with Gasteiger partial charge in [-0.2, -0.15) is 0 Å². The van der Waals surface area contributed by atoms with E-state index in [1.807, 2.05) is 0 Å². The lowest BCUT2D eigenvalue weighted by molar-refractivity contribution is -0.384. The Morgan fingerprint density at radius 3 is 2.68 bits per heavy atom. The van der Waals surface area contributed by atoms with Crippen molar-refractivity contribution in [2.75, 3.05) is 11.2 Å². The van der Waals surface area contributed by atoms with Crippen LogP contribution in [0.4, 0.5) is 17.4 Å².